The van der Waals surface area contributed by atoms with E-state index in [2.05, 4.69) is 0 Å². The van der Waals surface area contributed by atoms with Gasteiger partial charge in [0, 0.05) is 20.1 Å². The van der Waals surface area contributed by atoms with Crippen molar-refractivity contribution < 1.29 is 22.6 Å². The molecule has 0 bridgehead atoms. The third kappa shape index (κ3) is 8.23. The first kappa shape index (κ1) is 22.9. The van der Waals surface area contributed by atoms with Crippen molar-refractivity contribution in [1.29, 1.82) is 0 Å². The van der Waals surface area contributed by atoms with E-state index in [1.54, 1.807) is 62.8 Å². The van der Waals surface area contributed by atoms with E-state index in [1.165, 1.54) is 0 Å². The fraction of sp³-hybridized carbons (Fsp3) is 0.304. The molecule has 29 heavy (non-hydrogen) atoms. The Labute approximate surface area is 173 Å². The van der Waals surface area contributed by atoms with Gasteiger partial charge in [0.25, 0.3) is 0 Å². The van der Waals surface area contributed by atoms with Crippen molar-refractivity contribution in [3.8, 4) is 5.75 Å². The van der Waals surface area contributed by atoms with Crippen LogP contribution in [0.15, 0.2) is 83.8 Å². The minimum atomic E-state index is -3.29. The molecule has 0 aliphatic heterocycles. The van der Waals surface area contributed by atoms with E-state index >= 15 is 0 Å². The van der Waals surface area contributed by atoms with Crippen LogP contribution in [0.3, 0.4) is 0 Å². The van der Waals surface area contributed by atoms with Crippen LogP contribution in [0.2, 0.25) is 0 Å². The number of allylic oxidation sites excluding steroid dienone is 2. The van der Waals surface area contributed by atoms with Crippen LogP contribution in [0, 0.1) is 0 Å². The van der Waals surface area contributed by atoms with Crippen molar-refractivity contribution in [3.05, 3.63) is 84.5 Å². The Morgan fingerprint density at radius 2 is 1.69 bits per heavy atom. The molecule has 0 saturated carbocycles. The molecule has 0 amide bonds. The third-order valence-electron chi connectivity index (χ3n) is 4.27. The molecule has 0 aliphatic rings. The summed E-state index contributed by atoms with van der Waals surface area (Å²) in [5.41, 5.74) is 1.08. The first-order valence-electron chi connectivity index (χ1n) is 9.40. The predicted octanol–water partition coefficient (Wildman–Crippen LogP) is 4.20. The highest BCUT2D eigenvalue weighted by molar-refractivity contribution is 7.91. The molecule has 156 valence electrons. The predicted molar refractivity (Wildman–Crippen MR) is 115 cm³/mol. The maximum Gasteiger partial charge on any atom is 0.181 e. The van der Waals surface area contributed by atoms with Crippen molar-refractivity contribution in [2.75, 3.05) is 26.6 Å². The zero-order chi connectivity index (χ0) is 21.0. The summed E-state index contributed by atoms with van der Waals surface area (Å²) < 4.78 is 40.6. The van der Waals surface area contributed by atoms with Gasteiger partial charge in [0.2, 0.25) is 0 Å². The maximum absolute atomic E-state index is 12.2. The normalized spacial score (nSPS) is 13.2. The van der Waals surface area contributed by atoms with Crippen LogP contribution in [0.5, 0.6) is 5.75 Å². The first-order valence-corrected chi connectivity index (χ1v) is 11.0. The smallest absolute Gasteiger partial charge is 0.181 e. The SMILES string of the molecule is COc1ccc(COCC[C@H](/C=C/C=C/CS(=O)(=O)c2ccccc2)OC)cc1. The lowest BCUT2D eigenvalue weighted by Gasteiger charge is -2.11. The summed E-state index contributed by atoms with van der Waals surface area (Å²) in [6, 6.07) is 16.2. The van der Waals surface area contributed by atoms with Gasteiger partial charge in [0.05, 0.1) is 30.5 Å². The fourth-order valence-electron chi connectivity index (χ4n) is 2.58. The lowest BCUT2D eigenvalue weighted by molar-refractivity contribution is 0.0678. The molecule has 0 N–H and O–H groups in total. The van der Waals surface area contributed by atoms with E-state index in [-0.39, 0.29) is 11.9 Å². The number of sulfone groups is 1. The zero-order valence-corrected chi connectivity index (χ0v) is 17.7. The summed E-state index contributed by atoms with van der Waals surface area (Å²) in [6.45, 7) is 1.09. The van der Waals surface area contributed by atoms with E-state index < -0.39 is 9.84 Å². The lowest BCUT2D eigenvalue weighted by atomic mass is 10.2. The molecule has 0 spiro atoms. The summed E-state index contributed by atoms with van der Waals surface area (Å²) in [4.78, 5) is 0.331. The number of rotatable bonds is 12. The van der Waals surface area contributed by atoms with Gasteiger partial charge in [-0.1, -0.05) is 54.6 Å². The molecule has 2 rings (SSSR count). The Morgan fingerprint density at radius 3 is 2.34 bits per heavy atom. The van der Waals surface area contributed by atoms with Crippen LogP contribution in [-0.2, 0) is 25.9 Å². The molecule has 2 aromatic rings. The Morgan fingerprint density at radius 1 is 0.966 bits per heavy atom. The summed E-state index contributed by atoms with van der Waals surface area (Å²) in [7, 11) is -0.0137. The Hall–Kier alpha value is -2.41. The highest BCUT2D eigenvalue weighted by Crippen LogP contribution is 2.12. The van der Waals surface area contributed by atoms with Gasteiger partial charge in [-0.2, -0.15) is 0 Å². The standard InChI is InChI=1S/C23H28O5S/c1-26-21(16-17-28-19-20-12-14-22(27-2)15-13-20)9-5-4-8-18-29(24,25)23-10-6-3-7-11-23/h3-15,21H,16-19H2,1-2H3/b8-4+,9-5+/t21-/m0/s1. The number of ether oxygens (including phenoxy) is 3. The Balaban J connectivity index is 1.71. The molecule has 2 aromatic carbocycles. The van der Waals surface area contributed by atoms with Crippen LogP contribution < -0.4 is 4.74 Å². The minimum absolute atomic E-state index is 0.0377. The summed E-state index contributed by atoms with van der Waals surface area (Å²) in [6.07, 6.45) is 7.66. The molecule has 0 saturated heterocycles. The Kier molecular flexibility index (Phi) is 9.64. The molecule has 0 unspecified atom stereocenters. The molecule has 0 aromatic heterocycles. The zero-order valence-electron chi connectivity index (χ0n) is 16.9. The van der Waals surface area contributed by atoms with E-state index in [1.807, 2.05) is 30.3 Å². The highest BCUT2D eigenvalue weighted by Gasteiger charge is 2.10. The molecule has 5 nitrogen and oxygen atoms in total. The molecule has 0 radical (unpaired) electrons. The second kappa shape index (κ2) is 12.2. The number of hydrogen-bond acceptors (Lipinski definition) is 5. The molecular formula is C23H28O5S. The molecule has 0 aliphatic carbocycles. The molecule has 0 heterocycles. The second-order valence-electron chi connectivity index (χ2n) is 6.37. The van der Waals surface area contributed by atoms with Gasteiger partial charge >= 0.3 is 0 Å². The van der Waals surface area contributed by atoms with Crippen LogP contribution in [0.1, 0.15) is 12.0 Å². The van der Waals surface area contributed by atoms with E-state index in [0.29, 0.717) is 24.5 Å². The monoisotopic (exact) mass is 416 g/mol. The van der Waals surface area contributed by atoms with Gasteiger partial charge in [0.15, 0.2) is 9.84 Å². The highest BCUT2D eigenvalue weighted by atomic mass is 32.2. The molecule has 6 heteroatoms. The lowest BCUT2D eigenvalue weighted by Crippen LogP contribution is -2.10. The van der Waals surface area contributed by atoms with E-state index in [9.17, 15) is 8.42 Å². The first-order chi connectivity index (χ1) is 14.0. The Bertz CT molecular complexity index is 871. The average Bonchev–Trinajstić information content (AvgIpc) is 2.76. The fourth-order valence-corrected chi connectivity index (χ4v) is 3.71. The van der Waals surface area contributed by atoms with Crippen LogP contribution in [0.25, 0.3) is 0 Å². The number of hydrogen-bond donors (Lipinski definition) is 0. The van der Waals surface area contributed by atoms with Gasteiger partial charge in [-0.05, 0) is 29.8 Å². The van der Waals surface area contributed by atoms with Gasteiger partial charge in [-0.25, -0.2) is 8.42 Å². The summed E-state index contributed by atoms with van der Waals surface area (Å²) in [5, 5.41) is 0. The largest absolute Gasteiger partial charge is 0.497 e. The minimum Gasteiger partial charge on any atom is -0.497 e. The third-order valence-corrected chi connectivity index (χ3v) is 5.89. The topological polar surface area (TPSA) is 61.8 Å². The van der Waals surface area contributed by atoms with Crippen molar-refractivity contribution in [3.63, 3.8) is 0 Å². The quantitative estimate of drug-likeness (QED) is 0.383. The average molecular weight is 417 g/mol. The van der Waals surface area contributed by atoms with Crippen molar-refractivity contribution in [2.45, 2.75) is 24.0 Å². The maximum atomic E-state index is 12.2. The number of benzene rings is 2. The summed E-state index contributed by atoms with van der Waals surface area (Å²) >= 11 is 0. The number of methoxy groups -OCH3 is 2. The van der Waals surface area contributed by atoms with Crippen LogP contribution in [0.4, 0.5) is 0 Å². The molecular weight excluding hydrogens is 388 g/mol. The molecule has 0 fully saturated rings. The van der Waals surface area contributed by atoms with Crippen LogP contribution in [-0.4, -0.2) is 41.1 Å². The van der Waals surface area contributed by atoms with Crippen molar-refractivity contribution in [2.24, 2.45) is 0 Å². The second-order valence-corrected chi connectivity index (χ2v) is 8.41. The van der Waals surface area contributed by atoms with Gasteiger partial charge in [0.1, 0.15) is 5.75 Å². The van der Waals surface area contributed by atoms with E-state index in [0.717, 1.165) is 11.3 Å². The van der Waals surface area contributed by atoms with Gasteiger partial charge in [-0.15, -0.1) is 0 Å². The summed E-state index contributed by atoms with van der Waals surface area (Å²) in [5.74, 6) is 0.784. The molecule has 1 atom stereocenters. The van der Waals surface area contributed by atoms with Crippen molar-refractivity contribution >= 4 is 9.84 Å². The van der Waals surface area contributed by atoms with E-state index in [4.69, 9.17) is 14.2 Å². The van der Waals surface area contributed by atoms with Crippen LogP contribution >= 0.6 is 0 Å². The van der Waals surface area contributed by atoms with Gasteiger partial charge < -0.3 is 14.2 Å². The van der Waals surface area contributed by atoms with Gasteiger partial charge in [-0.3, -0.25) is 0 Å². The van der Waals surface area contributed by atoms with Crippen molar-refractivity contribution in [1.82, 2.24) is 0 Å².